The van der Waals surface area contributed by atoms with Crippen LogP contribution in [0.5, 0.6) is 0 Å². The molecule has 0 spiro atoms. The summed E-state index contributed by atoms with van der Waals surface area (Å²) in [6.07, 6.45) is 3.43. The van der Waals surface area contributed by atoms with E-state index < -0.39 is 0 Å². The zero-order chi connectivity index (χ0) is 18.6. The molecular formula is C19H17N7O. The van der Waals surface area contributed by atoms with Crippen LogP contribution in [-0.4, -0.2) is 33.1 Å². The van der Waals surface area contributed by atoms with Crippen molar-refractivity contribution in [2.75, 3.05) is 17.7 Å². The Kier molecular flexibility index (Phi) is 4.36. The Morgan fingerprint density at radius 3 is 2.85 bits per heavy atom. The highest BCUT2D eigenvalue weighted by molar-refractivity contribution is 5.95. The molecule has 2 aromatic carbocycles. The van der Waals surface area contributed by atoms with E-state index in [9.17, 15) is 4.79 Å². The Morgan fingerprint density at radius 2 is 1.96 bits per heavy atom. The number of H-pyrrole nitrogens is 1. The number of hydrogen-bond acceptors (Lipinski definition) is 6. The molecule has 8 heteroatoms. The fourth-order valence-electron chi connectivity index (χ4n) is 2.72. The average molecular weight is 359 g/mol. The van der Waals surface area contributed by atoms with Crippen LogP contribution in [0.2, 0.25) is 0 Å². The van der Waals surface area contributed by atoms with Crippen molar-refractivity contribution in [3.05, 3.63) is 66.5 Å². The van der Waals surface area contributed by atoms with Gasteiger partial charge < -0.3 is 16.0 Å². The second-order valence-electron chi connectivity index (χ2n) is 5.81. The van der Waals surface area contributed by atoms with Gasteiger partial charge in [0.25, 0.3) is 5.91 Å². The first kappa shape index (κ1) is 16.5. The lowest BCUT2D eigenvalue weighted by Crippen LogP contribution is -2.17. The van der Waals surface area contributed by atoms with E-state index in [1.807, 2.05) is 24.3 Å². The zero-order valence-corrected chi connectivity index (χ0v) is 14.5. The van der Waals surface area contributed by atoms with E-state index >= 15 is 0 Å². The molecule has 0 atom stereocenters. The summed E-state index contributed by atoms with van der Waals surface area (Å²) in [5.74, 6) is 0.917. The number of benzene rings is 2. The van der Waals surface area contributed by atoms with Gasteiger partial charge in [-0.15, -0.1) is 0 Å². The van der Waals surface area contributed by atoms with Crippen molar-refractivity contribution in [1.82, 2.24) is 25.5 Å². The van der Waals surface area contributed by atoms with Crippen LogP contribution >= 0.6 is 0 Å². The number of aromatic amines is 1. The summed E-state index contributed by atoms with van der Waals surface area (Å²) >= 11 is 0. The van der Waals surface area contributed by atoms with E-state index in [2.05, 4.69) is 36.1 Å². The zero-order valence-electron chi connectivity index (χ0n) is 14.5. The molecule has 4 N–H and O–H groups in total. The number of anilines is 4. The minimum Gasteiger partial charge on any atom is -0.355 e. The van der Waals surface area contributed by atoms with Gasteiger partial charge in [0, 0.05) is 29.9 Å². The maximum Gasteiger partial charge on any atom is 0.251 e. The maximum absolute atomic E-state index is 11.8. The van der Waals surface area contributed by atoms with E-state index in [1.165, 1.54) is 0 Å². The van der Waals surface area contributed by atoms with Gasteiger partial charge in [0.2, 0.25) is 5.95 Å². The molecule has 4 aromatic rings. The molecule has 0 bridgehead atoms. The Labute approximate surface area is 155 Å². The second-order valence-corrected chi connectivity index (χ2v) is 5.81. The van der Waals surface area contributed by atoms with Gasteiger partial charge in [0.05, 0.1) is 17.4 Å². The van der Waals surface area contributed by atoms with E-state index in [1.54, 1.807) is 43.7 Å². The molecule has 0 aliphatic rings. The molecule has 0 aliphatic carbocycles. The van der Waals surface area contributed by atoms with Crippen LogP contribution in [0.25, 0.3) is 10.9 Å². The number of amides is 1. The summed E-state index contributed by atoms with van der Waals surface area (Å²) < 4.78 is 0. The third-order valence-corrected chi connectivity index (χ3v) is 4.01. The smallest absolute Gasteiger partial charge is 0.251 e. The average Bonchev–Trinajstić information content (AvgIpc) is 3.18. The number of hydrogen-bond donors (Lipinski definition) is 4. The van der Waals surface area contributed by atoms with E-state index in [0.717, 1.165) is 22.3 Å². The third-order valence-electron chi connectivity index (χ3n) is 4.01. The molecular weight excluding hydrogens is 342 g/mol. The summed E-state index contributed by atoms with van der Waals surface area (Å²) in [4.78, 5) is 20.5. The fourth-order valence-corrected chi connectivity index (χ4v) is 2.72. The minimum absolute atomic E-state index is 0.150. The van der Waals surface area contributed by atoms with Gasteiger partial charge in [0.1, 0.15) is 5.82 Å². The summed E-state index contributed by atoms with van der Waals surface area (Å²) in [6.45, 7) is 0. The number of carbonyl (C=O) groups excluding carboxylic acids is 1. The third kappa shape index (κ3) is 3.54. The Morgan fingerprint density at radius 1 is 1.07 bits per heavy atom. The molecule has 2 heterocycles. The highest BCUT2D eigenvalue weighted by Crippen LogP contribution is 2.24. The van der Waals surface area contributed by atoms with Gasteiger partial charge in [-0.25, -0.2) is 4.98 Å². The highest BCUT2D eigenvalue weighted by Gasteiger charge is 2.07. The molecule has 134 valence electrons. The number of nitrogens with zero attached hydrogens (tertiary/aromatic N) is 3. The van der Waals surface area contributed by atoms with Crippen molar-refractivity contribution in [3.8, 4) is 0 Å². The maximum atomic E-state index is 11.8. The van der Waals surface area contributed by atoms with Gasteiger partial charge >= 0.3 is 0 Å². The van der Waals surface area contributed by atoms with E-state index in [0.29, 0.717) is 17.3 Å². The van der Waals surface area contributed by atoms with Crippen LogP contribution in [0.4, 0.5) is 23.1 Å². The SMILES string of the molecule is CNC(=O)c1cccc(Nc2nccc(Nc3cccc4[nH]ncc34)n2)c1. The van der Waals surface area contributed by atoms with Gasteiger partial charge in [0.15, 0.2) is 0 Å². The summed E-state index contributed by atoms with van der Waals surface area (Å²) in [5.41, 5.74) is 3.12. The summed E-state index contributed by atoms with van der Waals surface area (Å²) in [6, 6.07) is 14.8. The van der Waals surface area contributed by atoms with E-state index in [-0.39, 0.29) is 5.91 Å². The molecule has 4 rings (SSSR count). The van der Waals surface area contributed by atoms with Crippen molar-refractivity contribution in [1.29, 1.82) is 0 Å². The fraction of sp³-hybridized carbons (Fsp3) is 0.0526. The molecule has 27 heavy (non-hydrogen) atoms. The Bertz CT molecular complexity index is 1110. The summed E-state index contributed by atoms with van der Waals surface area (Å²) in [5, 5.41) is 17.0. The van der Waals surface area contributed by atoms with Gasteiger partial charge in [-0.3, -0.25) is 9.89 Å². The monoisotopic (exact) mass is 359 g/mol. The summed E-state index contributed by atoms with van der Waals surface area (Å²) in [7, 11) is 1.60. The van der Waals surface area contributed by atoms with Crippen molar-refractivity contribution in [2.45, 2.75) is 0 Å². The van der Waals surface area contributed by atoms with E-state index in [4.69, 9.17) is 0 Å². The standard InChI is InChI=1S/C19H17N7O/c1-20-18(27)12-4-2-5-13(10-12)23-19-21-9-8-17(25-19)24-15-6-3-7-16-14(15)11-22-26-16/h2-11H,1H3,(H,20,27)(H,22,26)(H2,21,23,24,25). The van der Waals surface area contributed by atoms with Crippen LogP contribution in [0, 0.1) is 0 Å². The molecule has 0 saturated carbocycles. The molecule has 2 aromatic heterocycles. The topological polar surface area (TPSA) is 108 Å². The number of fused-ring (bicyclic) bond motifs is 1. The van der Waals surface area contributed by atoms with Gasteiger partial charge in [-0.1, -0.05) is 12.1 Å². The lowest BCUT2D eigenvalue weighted by Gasteiger charge is -2.10. The predicted octanol–water partition coefficient (Wildman–Crippen LogP) is 3.20. The van der Waals surface area contributed by atoms with Crippen LogP contribution in [0.15, 0.2) is 60.9 Å². The predicted molar refractivity (Wildman–Crippen MR) is 105 cm³/mol. The number of aromatic nitrogens is 4. The number of nitrogens with one attached hydrogen (secondary N) is 4. The van der Waals surface area contributed by atoms with Crippen LogP contribution in [-0.2, 0) is 0 Å². The van der Waals surface area contributed by atoms with Crippen molar-refractivity contribution < 1.29 is 4.79 Å². The Balaban J connectivity index is 1.56. The van der Waals surface area contributed by atoms with Gasteiger partial charge in [-0.05, 0) is 36.4 Å². The quantitative estimate of drug-likeness (QED) is 0.436. The van der Waals surface area contributed by atoms with Crippen molar-refractivity contribution in [3.63, 3.8) is 0 Å². The normalized spacial score (nSPS) is 10.6. The highest BCUT2D eigenvalue weighted by atomic mass is 16.1. The Hall–Kier alpha value is -3.94. The lowest BCUT2D eigenvalue weighted by molar-refractivity contribution is 0.0963. The molecule has 1 amide bonds. The first-order chi connectivity index (χ1) is 13.2. The number of carbonyl (C=O) groups is 1. The van der Waals surface area contributed by atoms with Crippen molar-refractivity contribution in [2.24, 2.45) is 0 Å². The molecule has 8 nitrogen and oxygen atoms in total. The molecule has 0 unspecified atom stereocenters. The first-order valence-electron chi connectivity index (χ1n) is 8.34. The van der Waals surface area contributed by atoms with Crippen LogP contribution in [0.1, 0.15) is 10.4 Å². The van der Waals surface area contributed by atoms with Crippen LogP contribution < -0.4 is 16.0 Å². The molecule has 0 saturated heterocycles. The largest absolute Gasteiger partial charge is 0.355 e. The number of rotatable bonds is 5. The van der Waals surface area contributed by atoms with Crippen LogP contribution in [0.3, 0.4) is 0 Å². The molecule has 0 aliphatic heterocycles. The second kappa shape index (κ2) is 7.12. The van der Waals surface area contributed by atoms with Gasteiger partial charge in [-0.2, -0.15) is 10.1 Å². The minimum atomic E-state index is -0.150. The molecule has 0 radical (unpaired) electrons. The van der Waals surface area contributed by atoms with Crippen molar-refractivity contribution >= 4 is 40.0 Å². The lowest BCUT2D eigenvalue weighted by atomic mass is 10.2. The first-order valence-corrected chi connectivity index (χ1v) is 8.34. The molecule has 0 fully saturated rings.